The van der Waals surface area contributed by atoms with Crippen LogP contribution in [0, 0.1) is 31.1 Å². The fraction of sp³-hybridized carbons (Fsp3) is 0.500. The fourth-order valence-corrected chi connectivity index (χ4v) is 0.311. The fourth-order valence-electron chi connectivity index (χ4n) is 0.311. The molecule has 2 radical (unpaired) electrons. The lowest BCUT2D eigenvalue weighted by molar-refractivity contribution is 0.729. The van der Waals surface area contributed by atoms with E-state index in [0.717, 1.165) is 12.8 Å². The lowest BCUT2D eigenvalue weighted by atomic mass is 10.1. The van der Waals surface area contributed by atoms with Gasteiger partial charge in [0.15, 0.2) is 0 Å². The summed E-state index contributed by atoms with van der Waals surface area (Å²) in [6, 6.07) is 2.01. The van der Waals surface area contributed by atoms with Crippen LogP contribution in [0.25, 0.3) is 0 Å². The quantitative estimate of drug-likeness (QED) is 0.510. The molecule has 1 unspecified atom stereocenters. The zero-order chi connectivity index (χ0) is 5.70. The summed E-state index contributed by atoms with van der Waals surface area (Å²) in [5.74, 6) is -0.0579. The zero-order valence-corrected chi connectivity index (χ0v) is 4.35. The van der Waals surface area contributed by atoms with Gasteiger partial charge in [-0.25, -0.2) is 0 Å². The SMILES string of the molecule is [CH2]CCC([CH2])C#N. The predicted molar refractivity (Wildman–Crippen MR) is 29.1 cm³/mol. The van der Waals surface area contributed by atoms with Gasteiger partial charge in [0.1, 0.15) is 0 Å². The average molecular weight is 95.1 g/mol. The molecule has 0 N–H and O–H groups in total. The Kier molecular flexibility index (Phi) is 3.40. The maximum absolute atomic E-state index is 8.13. The molecule has 38 valence electrons. The smallest absolute Gasteiger partial charge is 0.0655 e. The number of nitrogens with zero attached hydrogens (tertiary/aromatic N) is 1. The van der Waals surface area contributed by atoms with Crippen molar-refractivity contribution in [3.05, 3.63) is 13.8 Å². The van der Waals surface area contributed by atoms with Crippen molar-refractivity contribution in [2.45, 2.75) is 12.8 Å². The Balaban J connectivity index is 3.04. The van der Waals surface area contributed by atoms with E-state index in [4.69, 9.17) is 5.26 Å². The highest BCUT2D eigenvalue weighted by Gasteiger charge is 1.93. The van der Waals surface area contributed by atoms with Crippen molar-refractivity contribution >= 4 is 0 Å². The second-order valence-corrected chi connectivity index (χ2v) is 1.47. The molecular weight excluding hydrogens is 86.1 g/mol. The van der Waals surface area contributed by atoms with Crippen molar-refractivity contribution in [3.8, 4) is 6.07 Å². The van der Waals surface area contributed by atoms with Crippen LogP contribution in [-0.4, -0.2) is 0 Å². The molecule has 0 fully saturated rings. The van der Waals surface area contributed by atoms with E-state index in [1.165, 1.54) is 0 Å². The van der Waals surface area contributed by atoms with Crippen molar-refractivity contribution in [2.24, 2.45) is 5.92 Å². The highest BCUT2D eigenvalue weighted by Crippen LogP contribution is 1.99. The van der Waals surface area contributed by atoms with Gasteiger partial charge in [-0.2, -0.15) is 5.26 Å². The highest BCUT2D eigenvalue weighted by atomic mass is 14.2. The third kappa shape index (κ3) is 3.32. The number of rotatable bonds is 2. The summed E-state index contributed by atoms with van der Waals surface area (Å²) in [5, 5.41) is 8.13. The second-order valence-electron chi connectivity index (χ2n) is 1.47. The van der Waals surface area contributed by atoms with Gasteiger partial charge in [0.05, 0.1) is 6.07 Å². The topological polar surface area (TPSA) is 23.8 Å². The Morgan fingerprint density at radius 3 is 2.43 bits per heavy atom. The van der Waals surface area contributed by atoms with Crippen LogP contribution in [0.3, 0.4) is 0 Å². The Hall–Kier alpha value is -0.510. The minimum absolute atomic E-state index is 0.0579. The number of nitriles is 1. The molecule has 0 saturated carbocycles. The van der Waals surface area contributed by atoms with Crippen molar-refractivity contribution in [3.63, 3.8) is 0 Å². The first-order valence-electron chi connectivity index (χ1n) is 2.33. The lowest BCUT2D eigenvalue weighted by Gasteiger charge is -1.92. The van der Waals surface area contributed by atoms with Crippen LogP contribution < -0.4 is 0 Å². The maximum atomic E-state index is 8.13. The third-order valence-corrected chi connectivity index (χ3v) is 0.735. The summed E-state index contributed by atoms with van der Waals surface area (Å²) in [4.78, 5) is 0. The van der Waals surface area contributed by atoms with Gasteiger partial charge in [0.2, 0.25) is 0 Å². The molecule has 0 aromatic rings. The molecule has 0 heterocycles. The minimum Gasteiger partial charge on any atom is -0.198 e. The van der Waals surface area contributed by atoms with Crippen molar-refractivity contribution in [1.29, 1.82) is 5.26 Å². The van der Waals surface area contributed by atoms with Gasteiger partial charge < -0.3 is 0 Å². The molecule has 0 aliphatic rings. The summed E-state index contributed by atoms with van der Waals surface area (Å²) in [6.07, 6.45) is 1.62. The van der Waals surface area contributed by atoms with Crippen LogP contribution in [0.15, 0.2) is 0 Å². The Morgan fingerprint density at radius 1 is 1.71 bits per heavy atom. The highest BCUT2D eigenvalue weighted by molar-refractivity contribution is 4.83. The molecule has 0 spiro atoms. The standard InChI is InChI=1S/C6H9N/c1-3-4-6(2)5-7/h6H,1-4H2. The maximum Gasteiger partial charge on any atom is 0.0655 e. The molecule has 0 bridgehead atoms. The van der Waals surface area contributed by atoms with Gasteiger partial charge in [0, 0.05) is 5.92 Å². The second kappa shape index (κ2) is 3.67. The molecule has 1 heteroatoms. The van der Waals surface area contributed by atoms with Gasteiger partial charge in [-0.15, -0.1) is 0 Å². The molecule has 0 aliphatic carbocycles. The van der Waals surface area contributed by atoms with Crippen LogP contribution >= 0.6 is 0 Å². The van der Waals surface area contributed by atoms with E-state index in [1.807, 2.05) is 6.07 Å². The summed E-state index contributed by atoms with van der Waals surface area (Å²) in [6.45, 7) is 7.13. The number of hydrogen-bond donors (Lipinski definition) is 0. The summed E-state index contributed by atoms with van der Waals surface area (Å²) in [5.41, 5.74) is 0. The summed E-state index contributed by atoms with van der Waals surface area (Å²) >= 11 is 0. The van der Waals surface area contributed by atoms with Crippen LogP contribution in [-0.2, 0) is 0 Å². The molecule has 0 saturated heterocycles. The van der Waals surface area contributed by atoms with E-state index in [-0.39, 0.29) is 5.92 Å². The molecule has 7 heavy (non-hydrogen) atoms. The molecule has 1 nitrogen and oxygen atoms in total. The van der Waals surface area contributed by atoms with Gasteiger partial charge in [0.25, 0.3) is 0 Å². The molecule has 0 aromatic heterocycles. The first-order valence-corrected chi connectivity index (χ1v) is 2.33. The van der Waals surface area contributed by atoms with Crippen LogP contribution in [0.2, 0.25) is 0 Å². The molecule has 0 aliphatic heterocycles. The van der Waals surface area contributed by atoms with Crippen LogP contribution in [0.5, 0.6) is 0 Å². The Morgan fingerprint density at radius 2 is 2.29 bits per heavy atom. The number of hydrogen-bond acceptors (Lipinski definition) is 1. The normalized spacial score (nSPS) is 12.7. The molecule has 0 amide bonds. The lowest BCUT2D eigenvalue weighted by Crippen LogP contribution is -1.86. The van der Waals surface area contributed by atoms with Crippen LogP contribution in [0.4, 0.5) is 0 Å². The Labute approximate surface area is 45.0 Å². The third-order valence-electron chi connectivity index (χ3n) is 0.735. The largest absolute Gasteiger partial charge is 0.198 e. The molecule has 1 atom stereocenters. The van der Waals surface area contributed by atoms with Gasteiger partial charge in [-0.3, -0.25) is 0 Å². The zero-order valence-electron chi connectivity index (χ0n) is 4.35. The monoisotopic (exact) mass is 95.1 g/mol. The van der Waals surface area contributed by atoms with E-state index >= 15 is 0 Å². The van der Waals surface area contributed by atoms with Crippen molar-refractivity contribution < 1.29 is 0 Å². The first-order chi connectivity index (χ1) is 3.31. The van der Waals surface area contributed by atoms with E-state index in [2.05, 4.69) is 13.8 Å². The predicted octanol–water partition coefficient (Wildman–Crippen LogP) is 1.57. The first kappa shape index (κ1) is 6.49. The molecular formula is C6H9N. The van der Waals surface area contributed by atoms with Crippen molar-refractivity contribution in [1.82, 2.24) is 0 Å². The molecule has 0 rings (SSSR count). The van der Waals surface area contributed by atoms with Crippen LogP contribution in [0.1, 0.15) is 12.8 Å². The summed E-state index contributed by atoms with van der Waals surface area (Å²) < 4.78 is 0. The van der Waals surface area contributed by atoms with E-state index in [9.17, 15) is 0 Å². The minimum atomic E-state index is -0.0579. The van der Waals surface area contributed by atoms with Gasteiger partial charge >= 0.3 is 0 Å². The van der Waals surface area contributed by atoms with Gasteiger partial charge in [-0.05, 0) is 13.3 Å². The van der Waals surface area contributed by atoms with E-state index in [1.54, 1.807) is 0 Å². The van der Waals surface area contributed by atoms with Gasteiger partial charge in [-0.1, -0.05) is 13.3 Å². The van der Waals surface area contributed by atoms with Crippen molar-refractivity contribution in [2.75, 3.05) is 0 Å². The average Bonchev–Trinajstić information content (AvgIpc) is 1.68. The molecule has 0 aromatic carbocycles. The Bertz CT molecular complexity index is 70.7. The van der Waals surface area contributed by atoms with E-state index in [0.29, 0.717) is 0 Å². The van der Waals surface area contributed by atoms with E-state index < -0.39 is 0 Å². The summed E-state index contributed by atoms with van der Waals surface area (Å²) in [7, 11) is 0.